The summed E-state index contributed by atoms with van der Waals surface area (Å²) in [6.45, 7) is 0. The van der Waals surface area contributed by atoms with Gasteiger partial charge in [0.2, 0.25) is 11.7 Å². The lowest BCUT2D eigenvalue weighted by Crippen LogP contribution is -2.14. The van der Waals surface area contributed by atoms with Gasteiger partial charge in [-0.25, -0.2) is 4.79 Å². The van der Waals surface area contributed by atoms with Crippen LogP contribution in [0.1, 0.15) is 22.7 Å². The van der Waals surface area contributed by atoms with Gasteiger partial charge in [-0.1, -0.05) is 0 Å². The third-order valence-corrected chi connectivity index (χ3v) is 3.02. The summed E-state index contributed by atoms with van der Waals surface area (Å²) in [6.07, 6.45) is 0.0408. The Kier molecular flexibility index (Phi) is 4.24. The molecule has 0 saturated heterocycles. The van der Waals surface area contributed by atoms with E-state index in [4.69, 9.17) is 15.3 Å². The first-order valence-corrected chi connectivity index (χ1v) is 5.93. The van der Waals surface area contributed by atoms with Crippen LogP contribution < -0.4 is 5.73 Å². The second-order valence-corrected chi connectivity index (χ2v) is 4.65. The summed E-state index contributed by atoms with van der Waals surface area (Å²) in [5.41, 5.74) is 4.90. The molecular weight excluding hydrogens is 234 g/mol. The Morgan fingerprint density at radius 1 is 1.44 bits per heavy atom. The maximum Gasteiger partial charge on any atom is 0.371 e. The number of hydrogen-bond acceptors (Lipinski definition) is 4. The lowest BCUT2D eigenvalue weighted by molar-refractivity contribution is -0.117. The Balaban J connectivity index is 2.49. The number of aromatic carboxylic acids is 1. The quantitative estimate of drug-likeness (QED) is 0.738. The molecule has 88 valence electrons. The van der Waals surface area contributed by atoms with E-state index < -0.39 is 22.7 Å². The smallest absolute Gasteiger partial charge is 0.371 e. The van der Waals surface area contributed by atoms with E-state index in [0.717, 1.165) is 0 Å². The highest BCUT2D eigenvalue weighted by Gasteiger charge is 2.11. The van der Waals surface area contributed by atoms with E-state index in [0.29, 0.717) is 5.76 Å². The molecule has 7 heteroatoms. The van der Waals surface area contributed by atoms with E-state index >= 15 is 0 Å². The van der Waals surface area contributed by atoms with Crippen LogP contribution >= 0.6 is 0 Å². The molecule has 1 atom stereocenters. The molecule has 1 aromatic heterocycles. The highest BCUT2D eigenvalue weighted by molar-refractivity contribution is 7.84. The van der Waals surface area contributed by atoms with Crippen LogP contribution in [-0.2, 0) is 21.3 Å². The van der Waals surface area contributed by atoms with Crippen molar-refractivity contribution in [3.63, 3.8) is 0 Å². The number of rotatable bonds is 6. The highest BCUT2D eigenvalue weighted by Crippen LogP contribution is 2.10. The van der Waals surface area contributed by atoms with Crippen molar-refractivity contribution in [2.45, 2.75) is 12.2 Å². The molecular formula is C9H11NO5S. The molecule has 16 heavy (non-hydrogen) atoms. The number of hydrogen-bond donors (Lipinski definition) is 2. The average molecular weight is 245 g/mol. The van der Waals surface area contributed by atoms with Crippen LogP contribution in [0.15, 0.2) is 16.5 Å². The molecule has 1 aromatic rings. The van der Waals surface area contributed by atoms with Crippen LogP contribution in [0.4, 0.5) is 0 Å². The Bertz CT molecular complexity index is 425. The van der Waals surface area contributed by atoms with Gasteiger partial charge in [0.05, 0.1) is 5.75 Å². The fourth-order valence-corrected chi connectivity index (χ4v) is 2.06. The second-order valence-electron chi connectivity index (χ2n) is 3.08. The summed E-state index contributed by atoms with van der Waals surface area (Å²) in [4.78, 5) is 20.9. The molecule has 1 rings (SSSR count). The molecule has 0 fully saturated rings. The van der Waals surface area contributed by atoms with Crippen molar-refractivity contribution in [2.75, 3.05) is 5.75 Å². The van der Waals surface area contributed by atoms with Gasteiger partial charge in [0.15, 0.2) is 0 Å². The van der Waals surface area contributed by atoms with Crippen LogP contribution in [-0.4, -0.2) is 26.9 Å². The van der Waals surface area contributed by atoms with Crippen molar-refractivity contribution in [3.8, 4) is 0 Å². The number of nitrogens with two attached hydrogens (primary N) is 1. The molecule has 6 nitrogen and oxygen atoms in total. The molecule has 0 radical (unpaired) electrons. The minimum absolute atomic E-state index is 0.0408. The average Bonchev–Trinajstić information content (AvgIpc) is 2.63. The van der Waals surface area contributed by atoms with Gasteiger partial charge in [-0.05, 0) is 12.1 Å². The monoisotopic (exact) mass is 245 g/mol. The van der Waals surface area contributed by atoms with Crippen LogP contribution in [0.3, 0.4) is 0 Å². The Morgan fingerprint density at radius 2 is 2.12 bits per heavy atom. The van der Waals surface area contributed by atoms with Crippen LogP contribution in [0, 0.1) is 0 Å². The summed E-state index contributed by atoms with van der Waals surface area (Å²) in [7, 11) is -1.28. The van der Waals surface area contributed by atoms with E-state index in [1.54, 1.807) is 0 Å². The van der Waals surface area contributed by atoms with E-state index in [1.807, 2.05) is 0 Å². The first-order valence-electron chi connectivity index (χ1n) is 4.44. The summed E-state index contributed by atoms with van der Waals surface area (Å²) < 4.78 is 16.3. The van der Waals surface area contributed by atoms with Gasteiger partial charge in [-0.3, -0.25) is 9.00 Å². The fraction of sp³-hybridized carbons (Fsp3) is 0.333. The highest BCUT2D eigenvalue weighted by atomic mass is 32.2. The molecule has 0 aromatic carbocycles. The second kappa shape index (κ2) is 5.45. The standard InChI is InChI=1S/C9H11NO5S/c10-8(11)3-4-16(14)5-6-1-2-7(15-6)9(12)13/h1-2H,3-5H2,(H2,10,11)(H,12,13). The van der Waals surface area contributed by atoms with Gasteiger partial charge in [-0.2, -0.15) is 0 Å². The molecule has 0 aliphatic carbocycles. The number of carbonyl (C=O) groups is 2. The molecule has 0 aliphatic rings. The molecule has 0 spiro atoms. The van der Waals surface area contributed by atoms with Gasteiger partial charge in [-0.15, -0.1) is 0 Å². The SMILES string of the molecule is NC(=O)CCS(=O)Cc1ccc(C(=O)O)o1. The van der Waals surface area contributed by atoms with Gasteiger partial charge < -0.3 is 15.3 Å². The van der Waals surface area contributed by atoms with E-state index in [-0.39, 0.29) is 23.7 Å². The van der Waals surface area contributed by atoms with Crippen molar-refractivity contribution in [1.82, 2.24) is 0 Å². The predicted octanol–water partition coefficient (Wildman–Crippen LogP) is 0.102. The van der Waals surface area contributed by atoms with Crippen LogP contribution in [0.2, 0.25) is 0 Å². The van der Waals surface area contributed by atoms with Crippen molar-refractivity contribution < 1.29 is 23.3 Å². The lowest BCUT2D eigenvalue weighted by atomic mass is 10.4. The number of primary amides is 1. The zero-order valence-electron chi connectivity index (χ0n) is 8.34. The fourth-order valence-electron chi connectivity index (χ4n) is 1.02. The minimum Gasteiger partial charge on any atom is -0.475 e. The first-order chi connectivity index (χ1) is 7.49. The number of carboxylic acids is 1. The number of carbonyl (C=O) groups excluding carboxylic acids is 1. The van der Waals surface area contributed by atoms with Crippen molar-refractivity contribution in [1.29, 1.82) is 0 Å². The lowest BCUT2D eigenvalue weighted by Gasteiger charge is -1.97. The van der Waals surface area contributed by atoms with E-state index in [2.05, 4.69) is 0 Å². The van der Waals surface area contributed by atoms with Gasteiger partial charge in [0, 0.05) is 23.0 Å². The molecule has 0 bridgehead atoms. The third-order valence-electron chi connectivity index (χ3n) is 1.75. The minimum atomic E-state index is -1.28. The molecule has 1 heterocycles. The Labute approximate surface area is 93.9 Å². The number of furan rings is 1. The zero-order chi connectivity index (χ0) is 12.1. The Hall–Kier alpha value is -1.63. The van der Waals surface area contributed by atoms with Crippen molar-refractivity contribution in [3.05, 3.63) is 23.7 Å². The summed E-state index contributed by atoms with van der Waals surface area (Å²) in [6, 6.07) is 2.74. The van der Waals surface area contributed by atoms with E-state index in [1.165, 1.54) is 12.1 Å². The number of carboxylic acid groups (broad SMARTS) is 1. The van der Waals surface area contributed by atoms with Crippen LogP contribution in [0.5, 0.6) is 0 Å². The van der Waals surface area contributed by atoms with Crippen molar-refractivity contribution >= 4 is 22.7 Å². The maximum absolute atomic E-state index is 11.4. The largest absolute Gasteiger partial charge is 0.475 e. The summed E-state index contributed by atoms with van der Waals surface area (Å²) in [5, 5.41) is 8.58. The van der Waals surface area contributed by atoms with Gasteiger partial charge in [0.25, 0.3) is 0 Å². The predicted molar refractivity (Wildman–Crippen MR) is 56.2 cm³/mol. The topological polar surface area (TPSA) is 111 Å². The van der Waals surface area contributed by atoms with Crippen molar-refractivity contribution in [2.24, 2.45) is 5.73 Å². The van der Waals surface area contributed by atoms with Gasteiger partial charge >= 0.3 is 5.97 Å². The molecule has 1 unspecified atom stereocenters. The molecule has 3 N–H and O–H groups in total. The number of amides is 1. The van der Waals surface area contributed by atoms with Gasteiger partial charge in [0.1, 0.15) is 5.76 Å². The molecule has 1 amide bonds. The third kappa shape index (κ3) is 3.85. The normalized spacial score (nSPS) is 12.2. The van der Waals surface area contributed by atoms with E-state index in [9.17, 15) is 13.8 Å². The molecule has 0 aliphatic heterocycles. The zero-order valence-corrected chi connectivity index (χ0v) is 9.16. The maximum atomic E-state index is 11.4. The Morgan fingerprint density at radius 3 is 2.62 bits per heavy atom. The van der Waals surface area contributed by atoms with Crippen LogP contribution in [0.25, 0.3) is 0 Å². The summed E-state index contributed by atoms with van der Waals surface area (Å²) in [5.74, 6) is -1.32. The summed E-state index contributed by atoms with van der Waals surface area (Å²) >= 11 is 0. The first kappa shape index (κ1) is 12.4. The molecule has 0 saturated carbocycles.